The standard InChI is InChI=1S/C15H30N2O3/c1-5-17(12(3)11-19-4)10-9-14(15(18)20-6-2)16-13-7-8-13/h12-14,16H,5-11H2,1-4H3. The first-order valence-electron chi connectivity index (χ1n) is 7.78. The fourth-order valence-corrected chi connectivity index (χ4v) is 2.38. The number of nitrogens with one attached hydrogen (secondary N) is 1. The molecule has 0 aromatic rings. The number of esters is 1. The van der Waals surface area contributed by atoms with Crippen molar-refractivity contribution in [3.05, 3.63) is 0 Å². The zero-order chi connectivity index (χ0) is 15.0. The Labute approximate surface area is 123 Å². The maximum atomic E-state index is 12.0. The van der Waals surface area contributed by atoms with Crippen molar-refractivity contribution >= 4 is 5.97 Å². The van der Waals surface area contributed by atoms with E-state index in [1.54, 1.807) is 7.11 Å². The summed E-state index contributed by atoms with van der Waals surface area (Å²) in [6, 6.07) is 0.705. The zero-order valence-corrected chi connectivity index (χ0v) is 13.4. The summed E-state index contributed by atoms with van der Waals surface area (Å²) in [4.78, 5) is 14.3. The van der Waals surface area contributed by atoms with E-state index in [-0.39, 0.29) is 12.0 Å². The lowest BCUT2D eigenvalue weighted by atomic mass is 10.1. The lowest BCUT2D eigenvalue weighted by molar-refractivity contribution is -0.146. The number of nitrogens with zero attached hydrogens (tertiary/aromatic N) is 1. The molecule has 0 aliphatic heterocycles. The van der Waals surface area contributed by atoms with E-state index < -0.39 is 0 Å². The molecule has 5 heteroatoms. The Morgan fingerprint density at radius 1 is 1.40 bits per heavy atom. The molecule has 1 fully saturated rings. The van der Waals surface area contributed by atoms with Gasteiger partial charge in [0.2, 0.25) is 0 Å². The average molecular weight is 286 g/mol. The molecule has 1 saturated carbocycles. The molecule has 5 nitrogen and oxygen atoms in total. The second kappa shape index (κ2) is 9.32. The molecule has 1 aliphatic rings. The highest BCUT2D eigenvalue weighted by atomic mass is 16.5. The lowest BCUT2D eigenvalue weighted by Crippen LogP contribution is -2.44. The molecule has 118 valence electrons. The minimum absolute atomic E-state index is 0.116. The van der Waals surface area contributed by atoms with Gasteiger partial charge in [-0.2, -0.15) is 0 Å². The van der Waals surface area contributed by atoms with Gasteiger partial charge in [-0.3, -0.25) is 9.69 Å². The third-order valence-electron chi connectivity index (χ3n) is 3.73. The van der Waals surface area contributed by atoms with E-state index in [1.165, 1.54) is 12.8 Å². The number of hydrogen-bond acceptors (Lipinski definition) is 5. The van der Waals surface area contributed by atoms with Crippen LogP contribution in [0.4, 0.5) is 0 Å². The van der Waals surface area contributed by atoms with Gasteiger partial charge >= 0.3 is 5.97 Å². The van der Waals surface area contributed by atoms with Crippen LogP contribution in [0, 0.1) is 0 Å². The summed E-state index contributed by atoms with van der Waals surface area (Å²) in [5.74, 6) is -0.116. The SMILES string of the molecule is CCOC(=O)C(CCN(CC)C(C)COC)NC1CC1. The quantitative estimate of drug-likeness (QED) is 0.582. The van der Waals surface area contributed by atoms with Crippen LogP contribution in [0.1, 0.15) is 40.0 Å². The van der Waals surface area contributed by atoms with Crippen LogP contribution in [-0.2, 0) is 14.3 Å². The van der Waals surface area contributed by atoms with E-state index in [4.69, 9.17) is 9.47 Å². The molecule has 0 aromatic heterocycles. The second-order valence-corrected chi connectivity index (χ2v) is 5.47. The van der Waals surface area contributed by atoms with Gasteiger partial charge in [0.1, 0.15) is 6.04 Å². The first-order chi connectivity index (χ1) is 9.62. The van der Waals surface area contributed by atoms with Crippen LogP contribution < -0.4 is 5.32 Å². The maximum Gasteiger partial charge on any atom is 0.323 e. The minimum atomic E-state index is -0.175. The molecule has 20 heavy (non-hydrogen) atoms. The molecule has 1 rings (SSSR count). The van der Waals surface area contributed by atoms with Crippen molar-refractivity contribution in [1.29, 1.82) is 0 Å². The van der Waals surface area contributed by atoms with Crippen molar-refractivity contribution in [2.75, 3.05) is 33.4 Å². The zero-order valence-electron chi connectivity index (χ0n) is 13.4. The summed E-state index contributed by atoms with van der Waals surface area (Å²) in [5.41, 5.74) is 0. The van der Waals surface area contributed by atoms with Crippen molar-refractivity contribution in [2.24, 2.45) is 0 Å². The molecule has 0 aromatic carbocycles. The normalized spacial score (nSPS) is 18.1. The predicted octanol–water partition coefficient (Wildman–Crippen LogP) is 1.42. The van der Waals surface area contributed by atoms with E-state index in [0.29, 0.717) is 25.3 Å². The van der Waals surface area contributed by atoms with Crippen LogP contribution in [0.2, 0.25) is 0 Å². The number of likely N-dealkylation sites (N-methyl/N-ethyl adjacent to an activating group) is 1. The van der Waals surface area contributed by atoms with Crippen LogP contribution in [-0.4, -0.2) is 62.4 Å². The van der Waals surface area contributed by atoms with E-state index in [1.807, 2.05) is 6.92 Å². The van der Waals surface area contributed by atoms with Gasteiger partial charge in [0, 0.05) is 25.7 Å². The molecular formula is C15H30N2O3. The molecule has 0 amide bonds. The average Bonchev–Trinajstić information content (AvgIpc) is 3.22. The molecular weight excluding hydrogens is 256 g/mol. The fourth-order valence-electron chi connectivity index (χ4n) is 2.38. The Morgan fingerprint density at radius 3 is 2.60 bits per heavy atom. The molecule has 1 aliphatic carbocycles. The Hall–Kier alpha value is -0.650. The monoisotopic (exact) mass is 286 g/mol. The summed E-state index contributed by atoms with van der Waals surface area (Å²) in [6.07, 6.45) is 3.14. The number of carbonyl (C=O) groups is 1. The second-order valence-electron chi connectivity index (χ2n) is 5.47. The topological polar surface area (TPSA) is 50.8 Å². The first kappa shape index (κ1) is 17.4. The number of hydrogen-bond donors (Lipinski definition) is 1. The highest BCUT2D eigenvalue weighted by molar-refractivity contribution is 5.75. The number of rotatable bonds is 11. The summed E-state index contributed by atoms with van der Waals surface area (Å²) < 4.78 is 10.4. The Balaban J connectivity index is 2.43. The van der Waals surface area contributed by atoms with E-state index in [9.17, 15) is 4.79 Å². The number of carbonyl (C=O) groups excluding carboxylic acids is 1. The van der Waals surface area contributed by atoms with Gasteiger partial charge in [-0.15, -0.1) is 0 Å². The van der Waals surface area contributed by atoms with Crippen molar-refractivity contribution in [3.63, 3.8) is 0 Å². The fraction of sp³-hybridized carbons (Fsp3) is 0.933. The van der Waals surface area contributed by atoms with E-state index in [0.717, 1.165) is 19.5 Å². The molecule has 2 unspecified atom stereocenters. The summed E-state index contributed by atoms with van der Waals surface area (Å²) in [6.45, 7) is 9.15. The van der Waals surface area contributed by atoms with Crippen LogP contribution in [0.15, 0.2) is 0 Å². The molecule has 1 N–H and O–H groups in total. The minimum Gasteiger partial charge on any atom is -0.465 e. The Morgan fingerprint density at radius 2 is 2.10 bits per heavy atom. The van der Waals surface area contributed by atoms with Crippen LogP contribution in [0.3, 0.4) is 0 Å². The van der Waals surface area contributed by atoms with Crippen molar-refractivity contribution < 1.29 is 14.3 Å². The smallest absolute Gasteiger partial charge is 0.323 e. The van der Waals surface area contributed by atoms with Crippen LogP contribution in [0.25, 0.3) is 0 Å². The maximum absolute atomic E-state index is 12.0. The Bertz CT molecular complexity index is 282. The molecule has 0 radical (unpaired) electrons. The Kier molecular flexibility index (Phi) is 8.11. The molecule has 0 saturated heterocycles. The van der Waals surface area contributed by atoms with Gasteiger partial charge in [-0.25, -0.2) is 0 Å². The molecule has 0 spiro atoms. The summed E-state index contributed by atoms with van der Waals surface area (Å²) in [7, 11) is 1.72. The number of ether oxygens (including phenoxy) is 2. The third kappa shape index (κ3) is 6.20. The van der Waals surface area contributed by atoms with Gasteiger partial charge in [-0.05, 0) is 39.7 Å². The highest BCUT2D eigenvalue weighted by Crippen LogP contribution is 2.20. The predicted molar refractivity (Wildman–Crippen MR) is 79.8 cm³/mol. The largest absolute Gasteiger partial charge is 0.465 e. The third-order valence-corrected chi connectivity index (χ3v) is 3.73. The van der Waals surface area contributed by atoms with E-state index >= 15 is 0 Å². The van der Waals surface area contributed by atoms with Gasteiger partial charge in [-0.1, -0.05) is 6.92 Å². The molecule has 0 bridgehead atoms. The lowest BCUT2D eigenvalue weighted by Gasteiger charge is -2.28. The van der Waals surface area contributed by atoms with Gasteiger partial charge < -0.3 is 14.8 Å². The van der Waals surface area contributed by atoms with Gasteiger partial charge in [0.05, 0.1) is 13.2 Å². The van der Waals surface area contributed by atoms with Crippen molar-refractivity contribution in [1.82, 2.24) is 10.2 Å². The first-order valence-corrected chi connectivity index (χ1v) is 7.78. The number of methoxy groups -OCH3 is 1. The summed E-state index contributed by atoms with van der Waals surface area (Å²) >= 11 is 0. The summed E-state index contributed by atoms with van der Waals surface area (Å²) in [5, 5.41) is 3.39. The van der Waals surface area contributed by atoms with Crippen molar-refractivity contribution in [3.8, 4) is 0 Å². The van der Waals surface area contributed by atoms with Crippen LogP contribution >= 0.6 is 0 Å². The van der Waals surface area contributed by atoms with Gasteiger partial charge in [0.15, 0.2) is 0 Å². The van der Waals surface area contributed by atoms with Gasteiger partial charge in [0.25, 0.3) is 0 Å². The van der Waals surface area contributed by atoms with Crippen LogP contribution in [0.5, 0.6) is 0 Å². The molecule has 0 heterocycles. The van der Waals surface area contributed by atoms with Crippen molar-refractivity contribution in [2.45, 2.75) is 58.2 Å². The highest BCUT2D eigenvalue weighted by Gasteiger charge is 2.29. The molecule has 2 atom stereocenters. The van der Waals surface area contributed by atoms with E-state index in [2.05, 4.69) is 24.1 Å².